The maximum atomic E-state index is 11.2. The van der Waals surface area contributed by atoms with Crippen molar-refractivity contribution < 1.29 is 15.0 Å². The van der Waals surface area contributed by atoms with Crippen LogP contribution in [-0.4, -0.2) is 22.8 Å². The molecular weight excluding hydrogens is 408 g/mol. The first kappa shape index (κ1) is 23.3. The molecule has 1 aliphatic rings. The van der Waals surface area contributed by atoms with E-state index in [4.69, 9.17) is 0 Å². The van der Waals surface area contributed by atoms with E-state index < -0.39 is 5.97 Å². The third kappa shape index (κ3) is 4.60. The van der Waals surface area contributed by atoms with Crippen molar-refractivity contribution >= 4 is 5.97 Å². The summed E-state index contributed by atoms with van der Waals surface area (Å²) in [7, 11) is 0. The fourth-order valence-corrected chi connectivity index (χ4v) is 5.07. The number of carboxylic acids is 1. The number of carboxylic acid groups (broad SMARTS) is 1. The summed E-state index contributed by atoms with van der Waals surface area (Å²) in [5.74, 6) is -0.916. The number of aromatic carboxylic acids is 1. The van der Waals surface area contributed by atoms with E-state index in [1.165, 1.54) is 40.7 Å². The number of rotatable bonds is 6. The zero-order valence-electron chi connectivity index (χ0n) is 20.1. The van der Waals surface area contributed by atoms with Gasteiger partial charge >= 0.3 is 5.97 Å². The summed E-state index contributed by atoms with van der Waals surface area (Å²) in [4.78, 5) is 11.2. The Labute approximate surface area is 197 Å². The highest BCUT2D eigenvalue weighted by Gasteiger charge is 2.37. The lowest BCUT2D eigenvalue weighted by Crippen LogP contribution is -2.33. The molecule has 2 N–H and O–H groups in total. The average molecular weight is 443 g/mol. The smallest absolute Gasteiger partial charge is 0.335 e. The van der Waals surface area contributed by atoms with Crippen LogP contribution in [0.3, 0.4) is 0 Å². The standard InChI is InChI=1S/C30H34O3/c1-29(2)15-16-30(3,4)27-19-24(13-14-26(27)29)25-18-23(12-9-21(25)6-5-17-31)20-7-10-22(11-8-20)28(32)33/h7-14,18-19,31H,5-6,15-17H2,1-4H3,(H,32,33). The van der Waals surface area contributed by atoms with E-state index in [2.05, 4.69) is 64.1 Å². The van der Waals surface area contributed by atoms with Crippen LogP contribution in [0.2, 0.25) is 0 Å². The minimum absolute atomic E-state index is 0.135. The third-order valence-electron chi connectivity index (χ3n) is 7.34. The molecule has 172 valence electrons. The van der Waals surface area contributed by atoms with Gasteiger partial charge in [-0.3, -0.25) is 0 Å². The SMILES string of the molecule is CC1(C)CCC(C)(C)c2cc(-c3cc(-c4ccc(C(=O)O)cc4)ccc3CCCO)ccc21. The van der Waals surface area contributed by atoms with Crippen molar-refractivity contribution in [2.75, 3.05) is 6.61 Å². The van der Waals surface area contributed by atoms with E-state index in [0.717, 1.165) is 24.0 Å². The van der Waals surface area contributed by atoms with Crippen LogP contribution in [0, 0.1) is 0 Å². The van der Waals surface area contributed by atoms with Gasteiger partial charge in [0.2, 0.25) is 0 Å². The molecule has 3 heteroatoms. The van der Waals surface area contributed by atoms with Crippen molar-refractivity contribution in [3.05, 3.63) is 82.9 Å². The van der Waals surface area contributed by atoms with Gasteiger partial charge in [-0.2, -0.15) is 0 Å². The molecule has 0 saturated carbocycles. The lowest BCUT2D eigenvalue weighted by atomic mass is 9.63. The van der Waals surface area contributed by atoms with Crippen LogP contribution >= 0.6 is 0 Å². The van der Waals surface area contributed by atoms with Gasteiger partial charge in [-0.1, -0.05) is 70.2 Å². The van der Waals surface area contributed by atoms with Crippen molar-refractivity contribution in [2.24, 2.45) is 0 Å². The Balaban J connectivity index is 1.83. The molecule has 0 fully saturated rings. The van der Waals surface area contributed by atoms with Crippen LogP contribution < -0.4 is 0 Å². The highest BCUT2D eigenvalue weighted by Crippen LogP contribution is 2.47. The number of fused-ring (bicyclic) bond motifs is 1. The fraction of sp³-hybridized carbons (Fsp3) is 0.367. The van der Waals surface area contributed by atoms with Gasteiger partial charge in [-0.05, 0) is 93.7 Å². The first-order chi connectivity index (χ1) is 15.6. The van der Waals surface area contributed by atoms with Gasteiger partial charge in [-0.15, -0.1) is 0 Å². The Morgan fingerprint density at radius 1 is 0.788 bits per heavy atom. The zero-order chi connectivity index (χ0) is 23.8. The van der Waals surface area contributed by atoms with Crippen LogP contribution in [-0.2, 0) is 17.3 Å². The molecule has 0 heterocycles. The Kier molecular flexibility index (Phi) is 6.20. The van der Waals surface area contributed by atoms with E-state index in [0.29, 0.717) is 0 Å². The van der Waals surface area contributed by atoms with E-state index >= 15 is 0 Å². The maximum Gasteiger partial charge on any atom is 0.335 e. The third-order valence-corrected chi connectivity index (χ3v) is 7.34. The zero-order valence-corrected chi connectivity index (χ0v) is 20.1. The van der Waals surface area contributed by atoms with Gasteiger partial charge in [0.25, 0.3) is 0 Å². The van der Waals surface area contributed by atoms with Crippen molar-refractivity contribution in [2.45, 2.75) is 64.2 Å². The van der Waals surface area contributed by atoms with Gasteiger partial charge in [-0.25, -0.2) is 4.79 Å². The Hall–Kier alpha value is -2.91. The average Bonchev–Trinajstić information content (AvgIpc) is 2.80. The van der Waals surface area contributed by atoms with Crippen LogP contribution in [0.4, 0.5) is 0 Å². The Morgan fingerprint density at radius 2 is 1.39 bits per heavy atom. The maximum absolute atomic E-state index is 11.2. The first-order valence-corrected chi connectivity index (χ1v) is 11.9. The van der Waals surface area contributed by atoms with E-state index in [-0.39, 0.29) is 23.0 Å². The highest BCUT2D eigenvalue weighted by atomic mass is 16.4. The largest absolute Gasteiger partial charge is 0.478 e. The normalized spacial score (nSPS) is 16.3. The molecule has 3 nitrogen and oxygen atoms in total. The predicted octanol–water partition coefficient (Wildman–Crippen LogP) is 6.99. The molecule has 0 unspecified atom stereocenters. The second kappa shape index (κ2) is 8.79. The van der Waals surface area contributed by atoms with E-state index in [1.54, 1.807) is 12.1 Å². The van der Waals surface area contributed by atoms with Crippen LogP contribution in [0.25, 0.3) is 22.3 Å². The predicted molar refractivity (Wildman–Crippen MR) is 135 cm³/mol. The van der Waals surface area contributed by atoms with Crippen LogP contribution in [0.1, 0.15) is 74.0 Å². The van der Waals surface area contributed by atoms with Crippen molar-refractivity contribution in [1.29, 1.82) is 0 Å². The van der Waals surface area contributed by atoms with Crippen molar-refractivity contribution in [1.82, 2.24) is 0 Å². The van der Waals surface area contributed by atoms with Crippen molar-refractivity contribution in [3.63, 3.8) is 0 Å². The van der Waals surface area contributed by atoms with Crippen LogP contribution in [0.15, 0.2) is 60.7 Å². The quantitative estimate of drug-likeness (QED) is 0.432. The number of carbonyl (C=O) groups is 1. The molecule has 0 amide bonds. The number of aryl methyl sites for hydroxylation is 1. The number of hydrogen-bond donors (Lipinski definition) is 2. The van der Waals surface area contributed by atoms with E-state index in [9.17, 15) is 15.0 Å². The monoisotopic (exact) mass is 442 g/mol. The molecule has 4 rings (SSSR count). The second-order valence-corrected chi connectivity index (χ2v) is 10.6. The van der Waals surface area contributed by atoms with Gasteiger partial charge in [0.15, 0.2) is 0 Å². The van der Waals surface area contributed by atoms with Crippen LogP contribution in [0.5, 0.6) is 0 Å². The van der Waals surface area contributed by atoms with Gasteiger partial charge in [0.05, 0.1) is 5.56 Å². The molecule has 3 aromatic rings. The minimum Gasteiger partial charge on any atom is -0.478 e. The molecule has 0 bridgehead atoms. The summed E-state index contributed by atoms with van der Waals surface area (Å²) in [5.41, 5.74) is 9.15. The molecule has 0 aliphatic heterocycles. The highest BCUT2D eigenvalue weighted by molar-refractivity contribution is 5.88. The Bertz CT molecular complexity index is 1170. The molecular formula is C30H34O3. The van der Waals surface area contributed by atoms with Gasteiger partial charge in [0.1, 0.15) is 0 Å². The molecule has 0 atom stereocenters. The summed E-state index contributed by atoms with van der Waals surface area (Å²) in [6.07, 6.45) is 3.90. The number of hydrogen-bond acceptors (Lipinski definition) is 2. The number of benzene rings is 3. The molecule has 0 radical (unpaired) electrons. The molecule has 0 spiro atoms. The molecule has 3 aromatic carbocycles. The fourth-order valence-electron chi connectivity index (χ4n) is 5.07. The summed E-state index contributed by atoms with van der Waals surface area (Å²) in [6, 6.07) is 20.4. The lowest BCUT2D eigenvalue weighted by Gasteiger charge is -2.42. The van der Waals surface area contributed by atoms with Gasteiger partial charge < -0.3 is 10.2 Å². The lowest BCUT2D eigenvalue weighted by molar-refractivity contribution is 0.0697. The first-order valence-electron chi connectivity index (χ1n) is 11.9. The summed E-state index contributed by atoms with van der Waals surface area (Å²) in [6.45, 7) is 9.54. The van der Waals surface area contributed by atoms with Crippen molar-refractivity contribution in [3.8, 4) is 22.3 Å². The summed E-state index contributed by atoms with van der Waals surface area (Å²) >= 11 is 0. The number of aliphatic hydroxyl groups is 1. The number of aliphatic hydroxyl groups excluding tert-OH is 1. The molecule has 33 heavy (non-hydrogen) atoms. The molecule has 1 aliphatic carbocycles. The second-order valence-electron chi connectivity index (χ2n) is 10.6. The summed E-state index contributed by atoms with van der Waals surface area (Å²) in [5, 5.41) is 18.6. The Morgan fingerprint density at radius 3 is 2.03 bits per heavy atom. The summed E-state index contributed by atoms with van der Waals surface area (Å²) < 4.78 is 0. The van der Waals surface area contributed by atoms with E-state index in [1.807, 2.05) is 12.1 Å². The minimum atomic E-state index is -0.916. The topological polar surface area (TPSA) is 57.5 Å². The van der Waals surface area contributed by atoms with Gasteiger partial charge in [0, 0.05) is 6.61 Å². The molecule has 0 saturated heterocycles. The molecule has 0 aromatic heterocycles.